The first-order valence-electron chi connectivity index (χ1n) is 5.19. The molecule has 0 aromatic rings. The van der Waals surface area contributed by atoms with Crippen molar-refractivity contribution < 1.29 is 19.0 Å². The Morgan fingerprint density at radius 1 is 1.50 bits per heavy atom. The predicted octanol–water partition coefficient (Wildman–Crippen LogP) is 1.48. The number of hydrogen-bond donors (Lipinski definition) is 0. The lowest BCUT2D eigenvalue weighted by molar-refractivity contribution is -0.157. The zero-order valence-corrected chi connectivity index (χ0v) is 8.82. The van der Waals surface area contributed by atoms with Crippen LogP contribution in [0.3, 0.4) is 0 Å². The topological polar surface area (TPSA) is 44.8 Å². The molecule has 1 aliphatic heterocycles. The van der Waals surface area contributed by atoms with E-state index in [9.17, 15) is 4.79 Å². The fourth-order valence-corrected chi connectivity index (χ4v) is 1.25. The first-order valence-corrected chi connectivity index (χ1v) is 5.19. The number of hydrogen-bond acceptors (Lipinski definition) is 4. The van der Waals surface area contributed by atoms with Gasteiger partial charge in [-0.25, -0.2) is 0 Å². The minimum Gasteiger partial charge on any atom is -0.460 e. The summed E-state index contributed by atoms with van der Waals surface area (Å²) >= 11 is 0. The molecule has 0 N–H and O–H groups in total. The highest BCUT2D eigenvalue weighted by Gasteiger charge is 2.25. The van der Waals surface area contributed by atoms with Crippen LogP contribution in [0.2, 0.25) is 0 Å². The van der Waals surface area contributed by atoms with Gasteiger partial charge in [0.2, 0.25) is 0 Å². The van der Waals surface area contributed by atoms with E-state index in [0.717, 1.165) is 12.8 Å². The molecule has 1 heterocycles. The van der Waals surface area contributed by atoms with Gasteiger partial charge in [0.15, 0.2) is 6.29 Å². The minimum atomic E-state index is -0.360. The molecule has 0 aromatic carbocycles. The molecule has 14 heavy (non-hydrogen) atoms. The van der Waals surface area contributed by atoms with Crippen LogP contribution in [0.5, 0.6) is 0 Å². The molecule has 0 aromatic heterocycles. The number of carbonyl (C=O) groups is 1. The fraction of sp³-hybridized carbons (Fsp3) is 0.900. The molecule has 0 saturated carbocycles. The molecule has 4 nitrogen and oxygen atoms in total. The molecule has 1 fully saturated rings. The second-order valence-corrected chi connectivity index (χ2v) is 3.36. The van der Waals surface area contributed by atoms with Gasteiger partial charge < -0.3 is 14.2 Å². The zero-order chi connectivity index (χ0) is 10.4. The Kier molecular flexibility index (Phi) is 4.90. The van der Waals surface area contributed by atoms with Gasteiger partial charge in [-0.3, -0.25) is 4.79 Å². The summed E-state index contributed by atoms with van der Waals surface area (Å²) in [6.45, 7) is 4.80. The van der Waals surface area contributed by atoms with Crippen molar-refractivity contribution in [3.8, 4) is 0 Å². The van der Waals surface area contributed by atoms with Crippen LogP contribution in [0.1, 0.15) is 33.1 Å². The maximum Gasteiger partial charge on any atom is 0.305 e. The summed E-state index contributed by atoms with van der Waals surface area (Å²) in [5, 5.41) is 0. The largest absolute Gasteiger partial charge is 0.460 e. The molecule has 1 rings (SSSR count). The van der Waals surface area contributed by atoms with Crippen LogP contribution in [0.25, 0.3) is 0 Å². The van der Waals surface area contributed by atoms with Gasteiger partial charge in [-0.15, -0.1) is 0 Å². The van der Waals surface area contributed by atoms with Gasteiger partial charge in [0.25, 0.3) is 0 Å². The average molecular weight is 202 g/mol. The highest BCUT2D eigenvalue weighted by Crippen LogP contribution is 2.14. The molecular weight excluding hydrogens is 184 g/mol. The van der Waals surface area contributed by atoms with Gasteiger partial charge in [0.05, 0.1) is 12.7 Å². The smallest absolute Gasteiger partial charge is 0.305 e. The Bertz CT molecular complexity index is 181. The van der Waals surface area contributed by atoms with Crippen molar-refractivity contribution in [2.45, 2.75) is 45.5 Å². The summed E-state index contributed by atoms with van der Waals surface area (Å²) in [6, 6.07) is 0. The Labute approximate surface area is 84.5 Å². The third-order valence-electron chi connectivity index (χ3n) is 2.10. The maximum absolute atomic E-state index is 11.0. The molecule has 2 atom stereocenters. The summed E-state index contributed by atoms with van der Waals surface area (Å²) in [5.41, 5.74) is 0. The van der Waals surface area contributed by atoms with Crippen LogP contribution in [0.4, 0.5) is 0 Å². The number of rotatable bonds is 5. The van der Waals surface area contributed by atoms with E-state index in [4.69, 9.17) is 14.2 Å². The van der Waals surface area contributed by atoms with E-state index in [1.54, 1.807) is 0 Å². The normalized spacial score (nSPS) is 26.4. The average Bonchev–Trinajstić information content (AvgIpc) is 2.63. The van der Waals surface area contributed by atoms with Crippen LogP contribution in [-0.4, -0.2) is 31.6 Å². The van der Waals surface area contributed by atoms with Gasteiger partial charge in [0.1, 0.15) is 6.61 Å². The standard InChI is InChI=1S/C10H18O4/c1-3-5-9(11)12-7-10-13-6-8(4-2)14-10/h8,10H,3-7H2,1-2H3. The Morgan fingerprint density at radius 2 is 2.29 bits per heavy atom. The van der Waals surface area contributed by atoms with Gasteiger partial charge in [-0.1, -0.05) is 13.8 Å². The number of ether oxygens (including phenoxy) is 3. The van der Waals surface area contributed by atoms with Crippen LogP contribution >= 0.6 is 0 Å². The molecule has 1 saturated heterocycles. The van der Waals surface area contributed by atoms with E-state index in [1.807, 2.05) is 13.8 Å². The highest BCUT2D eigenvalue weighted by atomic mass is 16.7. The monoisotopic (exact) mass is 202 g/mol. The van der Waals surface area contributed by atoms with Crippen molar-refractivity contribution in [3.05, 3.63) is 0 Å². The molecule has 82 valence electrons. The molecule has 0 amide bonds. The first kappa shape index (κ1) is 11.5. The second-order valence-electron chi connectivity index (χ2n) is 3.36. The Morgan fingerprint density at radius 3 is 2.86 bits per heavy atom. The maximum atomic E-state index is 11.0. The summed E-state index contributed by atoms with van der Waals surface area (Å²) in [7, 11) is 0. The third kappa shape index (κ3) is 3.64. The van der Waals surface area contributed by atoms with Crippen LogP contribution in [-0.2, 0) is 19.0 Å². The van der Waals surface area contributed by atoms with Crippen molar-refractivity contribution in [1.29, 1.82) is 0 Å². The van der Waals surface area contributed by atoms with E-state index < -0.39 is 0 Å². The summed E-state index contributed by atoms with van der Waals surface area (Å²) in [4.78, 5) is 11.0. The van der Waals surface area contributed by atoms with Gasteiger partial charge >= 0.3 is 5.97 Å². The van der Waals surface area contributed by atoms with Crippen molar-refractivity contribution in [2.24, 2.45) is 0 Å². The van der Waals surface area contributed by atoms with Crippen molar-refractivity contribution in [2.75, 3.05) is 13.2 Å². The summed E-state index contributed by atoms with van der Waals surface area (Å²) < 4.78 is 15.7. The lowest BCUT2D eigenvalue weighted by Gasteiger charge is -2.10. The molecule has 4 heteroatoms. The summed E-state index contributed by atoms with van der Waals surface area (Å²) in [6.07, 6.45) is 2.00. The van der Waals surface area contributed by atoms with Gasteiger partial charge in [0, 0.05) is 6.42 Å². The van der Waals surface area contributed by atoms with Crippen molar-refractivity contribution in [3.63, 3.8) is 0 Å². The predicted molar refractivity (Wildman–Crippen MR) is 50.8 cm³/mol. The molecule has 0 bridgehead atoms. The van der Waals surface area contributed by atoms with E-state index in [1.165, 1.54) is 0 Å². The molecule has 0 radical (unpaired) electrons. The van der Waals surface area contributed by atoms with Crippen LogP contribution < -0.4 is 0 Å². The molecule has 1 aliphatic rings. The Hall–Kier alpha value is -0.610. The molecule has 0 spiro atoms. The molecule has 0 aliphatic carbocycles. The number of esters is 1. The first-order chi connectivity index (χ1) is 6.76. The zero-order valence-electron chi connectivity index (χ0n) is 8.82. The third-order valence-corrected chi connectivity index (χ3v) is 2.10. The van der Waals surface area contributed by atoms with E-state index in [-0.39, 0.29) is 25.0 Å². The van der Waals surface area contributed by atoms with Gasteiger partial charge in [-0.05, 0) is 12.8 Å². The molecule has 2 unspecified atom stereocenters. The fourth-order valence-electron chi connectivity index (χ4n) is 1.25. The minimum absolute atomic E-state index is 0.157. The second kappa shape index (κ2) is 5.98. The van der Waals surface area contributed by atoms with Crippen molar-refractivity contribution in [1.82, 2.24) is 0 Å². The van der Waals surface area contributed by atoms with Gasteiger partial charge in [-0.2, -0.15) is 0 Å². The lowest BCUT2D eigenvalue weighted by Crippen LogP contribution is -2.20. The van der Waals surface area contributed by atoms with E-state index in [2.05, 4.69) is 0 Å². The SMILES string of the molecule is CCCC(=O)OCC1OCC(CC)O1. The molecular formula is C10H18O4. The number of carbonyl (C=O) groups excluding carboxylic acids is 1. The quantitative estimate of drug-likeness (QED) is 0.633. The van der Waals surface area contributed by atoms with E-state index in [0.29, 0.717) is 13.0 Å². The van der Waals surface area contributed by atoms with Crippen molar-refractivity contribution >= 4 is 5.97 Å². The highest BCUT2D eigenvalue weighted by molar-refractivity contribution is 5.69. The van der Waals surface area contributed by atoms with Crippen LogP contribution in [0.15, 0.2) is 0 Å². The Balaban J connectivity index is 2.11. The lowest BCUT2D eigenvalue weighted by atomic mass is 10.3. The van der Waals surface area contributed by atoms with Crippen LogP contribution in [0, 0.1) is 0 Å². The summed E-state index contributed by atoms with van der Waals surface area (Å²) in [5.74, 6) is -0.181. The van der Waals surface area contributed by atoms with E-state index >= 15 is 0 Å².